The smallest absolute Gasteiger partial charge is 0.265 e. The van der Waals surface area contributed by atoms with E-state index < -0.39 is 10.0 Å². The predicted molar refractivity (Wildman–Crippen MR) is 151 cm³/mol. The minimum atomic E-state index is -3.53. The van der Waals surface area contributed by atoms with Gasteiger partial charge in [0, 0.05) is 16.3 Å². The van der Waals surface area contributed by atoms with Crippen LogP contribution in [0, 0.1) is 0 Å². The maximum absolute atomic E-state index is 13.8. The van der Waals surface area contributed by atoms with Gasteiger partial charge in [-0.15, -0.1) is 22.7 Å². The monoisotopic (exact) mass is 523 g/mol. The molecule has 0 unspecified atom stereocenters. The maximum Gasteiger partial charge on any atom is 0.265 e. The minimum Gasteiger partial charge on any atom is -0.265 e. The van der Waals surface area contributed by atoms with Gasteiger partial charge in [-0.2, -0.15) is 0 Å². The van der Waals surface area contributed by atoms with Crippen LogP contribution in [0.25, 0.3) is 9.75 Å². The van der Waals surface area contributed by atoms with Crippen LogP contribution in [-0.2, 0) is 20.9 Å². The molecule has 0 bridgehead atoms. The van der Waals surface area contributed by atoms with E-state index in [1.807, 2.05) is 6.07 Å². The summed E-state index contributed by atoms with van der Waals surface area (Å²) in [6.07, 6.45) is 12.5. The first kappa shape index (κ1) is 27.7. The molecule has 1 aliphatic heterocycles. The van der Waals surface area contributed by atoms with Gasteiger partial charge in [0.05, 0.1) is 15.4 Å². The summed E-state index contributed by atoms with van der Waals surface area (Å²) in [5, 5.41) is 0. The number of sulfonamides is 1. The molecule has 0 fully saturated rings. The predicted octanol–water partition coefficient (Wildman–Crippen LogP) is 9.50. The Kier molecular flexibility index (Phi) is 9.01. The normalized spacial score (nSPS) is 15.4. The molecule has 3 rings (SSSR count). The molecule has 3 heterocycles. The van der Waals surface area contributed by atoms with Crippen molar-refractivity contribution in [2.75, 3.05) is 10.8 Å². The van der Waals surface area contributed by atoms with E-state index >= 15 is 0 Å². The molecule has 6 heteroatoms. The van der Waals surface area contributed by atoms with Crippen LogP contribution >= 0.6 is 22.7 Å². The molecular weight excluding hydrogens is 479 g/mol. The first-order chi connectivity index (χ1) is 15.9. The molecule has 34 heavy (non-hydrogen) atoms. The first-order valence-electron chi connectivity index (χ1n) is 13.2. The van der Waals surface area contributed by atoms with Gasteiger partial charge in [-0.1, -0.05) is 106 Å². The molecule has 1 aliphatic rings. The van der Waals surface area contributed by atoms with E-state index in [2.05, 4.69) is 54.5 Å². The Balaban J connectivity index is 1.74. The van der Waals surface area contributed by atoms with Crippen LogP contribution in [0.3, 0.4) is 0 Å². The average Bonchev–Trinajstić information content (AvgIpc) is 3.36. The number of rotatable bonds is 11. The SMILES string of the molecule is CCCCCCCCCCCCN1c2cc(C(C)(C)C)sc2-c2sc(C(C)(C)C)cc2S1(=O)=O. The van der Waals surface area contributed by atoms with Crippen molar-refractivity contribution in [1.29, 1.82) is 0 Å². The average molecular weight is 524 g/mol. The Morgan fingerprint density at radius 3 is 1.71 bits per heavy atom. The number of hydrogen-bond acceptors (Lipinski definition) is 4. The Hall–Kier alpha value is -0.850. The van der Waals surface area contributed by atoms with Crippen LogP contribution in [0.15, 0.2) is 17.0 Å². The largest absolute Gasteiger partial charge is 0.265 e. The molecule has 2 aromatic heterocycles. The molecular formula is C28H45NO2S3. The fourth-order valence-corrected chi connectivity index (χ4v) is 9.16. The van der Waals surface area contributed by atoms with E-state index in [1.165, 1.54) is 56.2 Å². The zero-order valence-corrected chi connectivity index (χ0v) is 24.9. The summed E-state index contributed by atoms with van der Waals surface area (Å²) < 4.78 is 29.3. The van der Waals surface area contributed by atoms with Crippen molar-refractivity contribution in [2.24, 2.45) is 0 Å². The summed E-state index contributed by atoms with van der Waals surface area (Å²) in [5.74, 6) is 0. The number of anilines is 1. The van der Waals surface area contributed by atoms with Gasteiger partial charge in [0.25, 0.3) is 10.0 Å². The molecule has 0 saturated carbocycles. The lowest BCUT2D eigenvalue weighted by atomic mass is 9.94. The molecule has 3 nitrogen and oxygen atoms in total. The van der Waals surface area contributed by atoms with Crippen molar-refractivity contribution in [3.8, 4) is 9.75 Å². The van der Waals surface area contributed by atoms with Gasteiger partial charge in [-0.05, 0) is 29.4 Å². The first-order valence-corrected chi connectivity index (χ1v) is 16.3. The fraction of sp³-hybridized carbons (Fsp3) is 0.714. The standard InChI is InChI=1S/C28H45NO2S3/c1-8-9-10-11-12-13-14-15-16-17-18-29-21-19-23(27(2,3)4)32-25(21)26-22(34(29,30)31)20-24(33-26)28(5,6)7/h19-20H,8-18H2,1-7H3. The van der Waals surface area contributed by atoms with Gasteiger partial charge in [-0.25, -0.2) is 8.42 Å². The molecule has 0 aromatic carbocycles. The second kappa shape index (κ2) is 11.0. The van der Waals surface area contributed by atoms with Crippen molar-refractivity contribution < 1.29 is 8.42 Å². The van der Waals surface area contributed by atoms with E-state index in [-0.39, 0.29) is 10.8 Å². The molecule has 0 spiro atoms. The van der Waals surface area contributed by atoms with Crippen molar-refractivity contribution in [3.05, 3.63) is 21.9 Å². The van der Waals surface area contributed by atoms with Crippen molar-refractivity contribution in [1.82, 2.24) is 0 Å². The Morgan fingerprint density at radius 2 is 1.18 bits per heavy atom. The summed E-state index contributed by atoms with van der Waals surface area (Å²) in [4.78, 5) is 4.99. The van der Waals surface area contributed by atoms with Crippen LogP contribution in [0.4, 0.5) is 5.69 Å². The second-order valence-electron chi connectivity index (χ2n) is 11.9. The summed E-state index contributed by atoms with van der Waals surface area (Å²) in [6, 6.07) is 4.09. The van der Waals surface area contributed by atoms with Crippen molar-refractivity contribution in [2.45, 2.75) is 128 Å². The molecule has 0 atom stereocenters. The van der Waals surface area contributed by atoms with E-state index in [0.717, 1.165) is 33.2 Å². The van der Waals surface area contributed by atoms with Crippen LogP contribution in [0.5, 0.6) is 0 Å². The lowest BCUT2D eigenvalue weighted by Crippen LogP contribution is -2.34. The topological polar surface area (TPSA) is 37.4 Å². The number of nitrogens with zero attached hydrogens (tertiary/aromatic N) is 1. The molecule has 0 saturated heterocycles. The van der Waals surface area contributed by atoms with Gasteiger partial charge in [0.1, 0.15) is 4.90 Å². The minimum absolute atomic E-state index is 0.00114. The van der Waals surface area contributed by atoms with Gasteiger partial charge >= 0.3 is 0 Å². The fourth-order valence-electron chi connectivity index (χ4n) is 4.42. The quantitative estimate of drug-likeness (QED) is 0.275. The molecule has 2 aromatic rings. The van der Waals surface area contributed by atoms with Gasteiger partial charge in [0.2, 0.25) is 0 Å². The van der Waals surface area contributed by atoms with Crippen LogP contribution < -0.4 is 4.31 Å². The van der Waals surface area contributed by atoms with E-state index in [9.17, 15) is 8.42 Å². The zero-order chi connectivity index (χ0) is 25.1. The second-order valence-corrected chi connectivity index (χ2v) is 15.8. The molecule has 0 N–H and O–H groups in total. The van der Waals surface area contributed by atoms with Gasteiger partial charge in [0.15, 0.2) is 0 Å². The molecule has 192 valence electrons. The van der Waals surface area contributed by atoms with Crippen molar-refractivity contribution >= 4 is 38.4 Å². The lowest BCUT2D eigenvalue weighted by Gasteiger charge is -2.28. The third-order valence-corrected chi connectivity index (χ3v) is 11.9. The third-order valence-electron chi connectivity index (χ3n) is 6.65. The van der Waals surface area contributed by atoms with Crippen LogP contribution in [0.1, 0.15) is 122 Å². The zero-order valence-electron chi connectivity index (χ0n) is 22.4. The molecule has 0 amide bonds. The number of thiophene rings is 2. The molecule has 0 radical (unpaired) electrons. The summed E-state index contributed by atoms with van der Waals surface area (Å²) in [5.41, 5.74) is 0.836. The third kappa shape index (κ3) is 6.28. The Labute approximate surface area is 217 Å². The van der Waals surface area contributed by atoms with Crippen LogP contribution in [0.2, 0.25) is 0 Å². The summed E-state index contributed by atoms with van der Waals surface area (Å²) in [6.45, 7) is 15.9. The highest BCUT2D eigenvalue weighted by Crippen LogP contribution is 2.54. The highest BCUT2D eigenvalue weighted by atomic mass is 32.2. The maximum atomic E-state index is 13.8. The molecule has 0 aliphatic carbocycles. The summed E-state index contributed by atoms with van der Waals surface area (Å²) >= 11 is 3.44. The highest BCUT2D eigenvalue weighted by Gasteiger charge is 2.40. The number of unbranched alkanes of at least 4 members (excludes halogenated alkanes) is 9. The van der Waals surface area contributed by atoms with Crippen molar-refractivity contribution in [3.63, 3.8) is 0 Å². The van der Waals surface area contributed by atoms with Crippen LogP contribution in [-0.4, -0.2) is 15.0 Å². The summed E-state index contributed by atoms with van der Waals surface area (Å²) in [7, 11) is -3.53. The van der Waals surface area contributed by atoms with E-state index in [4.69, 9.17) is 0 Å². The van der Waals surface area contributed by atoms with E-state index in [0.29, 0.717) is 11.4 Å². The lowest BCUT2D eigenvalue weighted by molar-refractivity contribution is 0.554. The number of hydrogen-bond donors (Lipinski definition) is 0. The van der Waals surface area contributed by atoms with Gasteiger partial charge < -0.3 is 0 Å². The Bertz CT molecular complexity index is 1050. The van der Waals surface area contributed by atoms with Gasteiger partial charge in [-0.3, -0.25) is 4.31 Å². The van der Waals surface area contributed by atoms with E-state index in [1.54, 1.807) is 27.0 Å². The number of fused-ring (bicyclic) bond motifs is 3. The Morgan fingerprint density at radius 1 is 0.706 bits per heavy atom. The highest BCUT2D eigenvalue weighted by molar-refractivity contribution is 7.93.